The van der Waals surface area contributed by atoms with E-state index in [1.165, 1.54) is 24.3 Å². The summed E-state index contributed by atoms with van der Waals surface area (Å²) in [6.07, 6.45) is -0.973. The first-order chi connectivity index (χ1) is 15.8. The zero-order valence-electron chi connectivity index (χ0n) is 18.7. The number of carbonyl (C=O) groups is 5. The number of aliphatic hydroxyl groups excluding tert-OH is 1. The lowest BCUT2D eigenvalue weighted by atomic mass is 10.0. The second-order valence-electron chi connectivity index (χ2n) is 7.94. The van der Waals surface area contributed by atoms with Crippen LogP contribution in [-0.4, -0.2) is 80.9 Å². The molecule has 0 aliphatic heterocycles. The summed E-state index contributed by atoms with van der Waals surface area (Å²) in [7, 11) is 0. The number of hydrogen-bond donors (Lipinski definition) is 8. The zero-order valence-corrected chi connectivity index (χ0v) is 18.7. The molecule has 4 atom stereocenters. The van der Waals surface area contributed by atoms with Gasteiger partial charge in [0.05, 0.1) is 19.1 Å². The van der Waals surface area contributed by atoms with Gasteiger partial charge in [0.25, 0.3) is 0 Å². The van der Waals surface area contributed by atoms with Gasteiger partial charge >= 0.3 is 11.9 Å². The molecule has 0 aromatic heterocycles. The van der Waals surface area contributed by atoms with Gasteiger partial charge in [0.15, 0.2) is 0 Å². The first-order valence-electron chi connectivity index (χ1n) is 10.4. The minimum atomic E-state index is -1.71. The van der Waals surface area contributed by atoms with E-state index in [0.29, 0.717) is 5.56 Å². The van der Waals surface area contributed by atoms with E-state index in [1.807, 2.05) is 5.32 Å². The van der Waals surface area contributed by atoms with Crippen LogP contribution in [0.25, 0.3) is 0 Å². The van der Waals surface area contributed by atoms with Gasteiger partial charge in [0.1, 0.15) is 23.9 Å². The summed E-state index contributed by atoms with van der Waals surface area (Å²) in [6.45, 7) is 2.44. The number of aliphatic hydroxyl groups is 1. The van der Waals surface area contributed by atoms with Crippen LogP contribution in [-0.2, 0) is 30.4 Å². The number of benzene rings is 1. The highest BCUT2D eigenvalue weighted by Crippen LogP contribution is 2.12. The fourth-order valence-corrected chi connectivity index (χ4v) is 2.76. The standard InChI is InChI=1S/C21H30N4O9/c1-10(2)17(22)20(32)24-13(7-11-3-5-12(27)6-4-11)18(30)23-14(8-16(28)29)19(31)25-15(9-26)21(33)34/h3-6,10,13-15,17,26-27H,7-9,22H2,1-2H3,(H,23,30)(H,24,32)(H,25,31)(H,28,29)(H,33,34). The highest BCUT2D eigenvalue weighted by atomic mass is 16.4. The lowest BCUT2D eigenvalue weighted by Crippen LogP contribution is -2.58. The minimum absolute atomic E-state index is 0.0225. The number of phenolic OH excluding ortho intramolecular Hbond substituents is 1. The Morgan fingerprint density at radius 2 is 1.35 bits per heavy atom. The number of nitrogens with one attached hydrogen (secondary N) is 3. The van der Waals surface area contributed by atoms with Crippen molar-refractivity contribution in [3.63, 3.8) is 0 Å². The maximum atomic E-state index is 13.0. The number of rotatable bonds is 13. The molecule has 0 fully saturated rings. The van der Waals surface area contributed by atoms with Gasteiger partial charge in [0, 0.05) is 6.42 Å². The van der Waals surface area contributed by atoms with Crippen LogP contribution < -0.4 is 21.7 Å². The Morgan fingerprint density at radius 1 is 0.853 bits per heavy atom. The van der Waals surface area contributed by atoms with Gasteiger partial charge in [-0.05, 0) is 23.6 Å². The maximum absolute atomic E-state index is 13.0. The number of amides is 3. The highest BCUT2D eigenvalue weighted by molar-refractivity contribution is 5.95. The van der Waals surface area contributed by atoms with Gasteiger partial charge in [-0.25, -0.2) is 4.79 Å². The number of carboxylic acids is 2. The molecule has 0 radical (unpaired) electrons. The molecule has 9 N–H and O–H groups in total. The van der Waals surface area contributed by atoms with Crippen LogP contribution in [0.2, 0.25) is 0 Å². The molecule has 3 amide bonds. The fraction of sp³-hybridized carbons (Fsp3) is 0.476. The summed E-state index contributed by atoms with van der Waals surface area (Å²) < 4.78 is 0. The molecule has 13 nitrogen and oxygen atoms in total. The highest BCUT2D eigenvalue weighted by Gasteiger charge is 2.32. The Balaban J connectivity index is 3.13. The van der Waals surface area contributed by atoms with Gasteiger partial charge in [-0.3, -0.25) is 19.2 Å². The zero-order chi connectivity index (χ0) is 26.0. The van der Waals surface area contributed by atoms with Crippen molar-refractivity contribution in [2.24, 2.45) is 11.7 Å². The molecule has 4 unspecified atom stereocenters. The molecule has 1 aromatic rings. The van der Waals surface area contributed by atoms with Crippen LogP contribution >= 0.6 is 0 Å². The largest absolute Gasteiger partial charge is 0.508 e. The molecule has 34 heavy (non-hydrogen) atoms. The van der Waals surface area contributed by atoms with Crippen molar-refractivity contribution in [1.29, 1.82) is 0 Å². The molecule has 0 spiro atoms. The molecule has 0 bridgehead atoms. The predicted octanol–water partition coefficient (Wildman–Crippen LogP) is -2.08. The van der Waals surface area contributed by atoms with E-state index < -0.39 is 66.9 Å². The third-order valence-corrected chi connectivity index (χ3v) is 4.84. The molecule has 1 aromatic carbocycles. The van der Waals surface area contributed by atoms with E-state index >= 15 is 0 Å². The Bertz CT molecular complexity index is 889. The van der Waals surface area contributed by atoms with Gasteiger partial charge in [0.2, 0.25) is 17.7 Å². The Hall–Kier alpha value is -3.71. The van der Waals surface area contributed by atoms with E-state index in [4.69, 9.17) is 21.1 Å². The van der Waals surface area contributed by atoms with E-state index in [1.54, 1.807) is 13.8 Å². The normalized spacial score (nSPS) is 14.4. The number of carbonyl (C=O) groups excluding carboxylic acids is 3. The quantitative estimate of drug-likeness (QED) is 0.153. The summed E-state index contributed by atoms with van der Waals surface area (Å²) >= 11 is 0. The Morgan fingerprint density at radius 3 is 1.82 bits per heavy atom. The van der Waals surface area contributed by atoms with Gasteiger partial charge in [-0.2, -0.15) is 0 Å². The molecule has 0 aliphatic rings. The first-order valence-corrected chi connectivity index (χ1v) is 10.4. The lowest BCUT2D eigenvalue weighted by molar-refractivity contribution is -0.144. The SMILES string of the molecule is CC(C)C(N)C(=O)NC(Cc1ccc(O)cc1)C(=O)NC(CC(=O)O)C(=O)NC(CO)C(=O)O. The molecule has 0 saturated heterocycles. The van der Waals surface area contributed by atoms with Crippen LogP contribution in [0, 0.1) is 5.92 Å². The van der Waals surface area contributed by atoms with Crippen LogP contribution in [0.1, 0.15) is 25.8 Å². The number of nitrogens with two attached hydrogens (primary N) is 1. The van der Waals surface area contributed by atoms with Crippen molar-refractivity contribution < 1.29 is 44.4 Å². The average molecular weight is 482 g/mol. The fourth-order valence-electron chi connectivity index (χ4n) is 2.76. The Kier molecular flexibility index (Phi) is 10.9. The second-order valence-corrected chi connectivity index (χ2v) is 7.94. The molecule has 0 aliphatic carbocycles. The molecule has 13 heteroatoms. The molecule has 0 heterocycles. The molecular weight excluding hydrogens is 452 g/mol. The van der Waals surface area contributed by atoms with E-state index in [-0.39, 0.29) is 18.1 Å². The van der Waals surface area contributed by atoms with Gasteiger partial charge in [-0.1, -0.05) is 26.0 Å². The lowest BCUT2D eigenvalue weighted by Gasteiger charge is -2.25. The summed E-state index contributed by atoms with van der Waals surface area (Å²) in [5.74, 6) is -6.02. The first kappa shape index (κ1) is 28.3. The predicted molar refractivity (Wildman–Crippen MR) is 117 cm³/mol. The smallest absolute Gasteiger partial charge is 0.328 e. The number of phenols is 1. The molecule has 188 valence electrons. The summed E-state index contributed by atoms with van der Waals surface area (Å²) in [5.41, 5.74) is 6.37. The number of aromatic hydroxyl groups is 1. The van der Waals surface area contributed by atoms with Crippen molar-refractivity contribution in [3.8, 4) is 5.75 Å². The summed E-state index contributed by atoms with van der Waals surface area (Å²) in [4.78, 5) is 60.1. The summed E-state index contributed by atoms with van der Waals surface area (Å²) in [6, 6.07) is 0.109. The van der Waals surface area contributed by atoms with Crippen LogP contribution in [0.5, 0.6) is 5.75 Å². The number of carboxylic acid groups (broad SMARTS) is 2. The van der Waals surface area contributed by atoms with Crippen LogP contribution in [0.3, 0.4) is 0 Å². The van der Waals surface area contributed by atoms with E-state index in [0.717, 1.165) is 0 Å². The van der Waals surface area contributed by atoms with Crippen molar-refractivity contribution in [2.75, 3.05) is 6.61 Å². The monoisotopic (exact) mass is 482 g/mol. The second kappa shape index (κ2) is 13.1. The topological polar surface area (TPSA) is 228 Å². The number of hydrogen-bond acceptors (Lipinski definition) is 8. The van der Waals surface area contributed by atoms with Crippen LogP contribution in [0.15, 0.2) is 24.3 Å². The average Bonchev–Trinajstić information content (AvgIpc) is 2.76. The third-order valence-electron chi connectivity index (χ3n) is 4.84. The van der Waals surface area contributed by atoms with Crippen molar-refractivity contribution >= 4 is 29.7 Å². The van der Waals surface area contributed by atoms with Gasteiger partial charge in [-0.15, -0.1) is 0 Å². The summed E-state index contributed by atoms with van der Waals surface area (Å²) in [5, 5.41) is 43.3. The van der Waals surface area contributed by atoms with Crippen molar-refractivity contribution in [1.82, 2.24) is 16.0 Å². The minimum Gasteiger partial charge on any atom is -0.508 e. The number of aliphatic carboxylic acids is 2. The van der Waals surface area contributed by atoms with Gasteiger partial charge < -0.3 is 42.1 Å². The third kappa shape index (κ3) is 9.03. The van der Waals surface area contributed by atoms with E-state index in [9.17, 15) is 29.1 Å². The molecular formula is C21H30N4O9. The van der Waals surface area contributed by atoms with E-state index in [2.05, 4.69) is 10.6 Å². The van der Waals surface area contributed by atoms with Crippen LogP contribution in [0.4, 0.5) is 0 Å². The maximum Gasteiger partial charge on any atom is 0.328 e. The molecule has 1 rings (SSSR count). The Labute approximate surface area is 195 Å². The van der Waals surface area contributed by atoms with Crippen molar-refractivity contribution in [3.05, 3.63) is 29.8 Å². The van der Waals surface area contributed by atoms with Crippen molar-refractivity contribution in [2.45, 2.75) is 50.9 Å². The molecule has 0 saturated carbocycles.